The maximum atomic E-state index is 11.8. The van der Waals surface area contributed by atoms with Crippen LogP contribution in [0, 0.1) is 6.92 Å². The molecule has 6 heteroatoms. The number of aliphatic hydroxyl groups excluding tert-OH is 1. The minimum atomic E-state index is -0.803. The Morgan fingerprint density at radius 2 is 2.08 bits per heavy atom. The highest BCUT2D eigenvalue weighted by Gasteiger charge is 2.12. The van der Waals surface area contributed by atoms with Gasteiger partial charge in [-0.1, -0.05) is 18.2 Å². The molecule has 1 aromatic heterocycles. The van der Waals surface area contributed by atoms with Gasteiger partial charge < -0.3 is 15.2 Å². The molecule has 0 fully saturated rings. The number of ketones is 1. The first kappa shape index (κ1) is 18.2. The first-order valence-corrected chi connectivity index (χ1v) is 8.63. The number of carbonyl (C=O) groups is 2. The second-order valence-corrected chi connectivity index (χ2v) is 6.43. The Hall–Kier alpha value is -2.18. The van der Waals surface area contributed by atoms with E-state index in [0.717, 1.165) is 5.56 Å². The van der Waals surface area contributed by atoms with Crippen molar-refractivity contribution in [3.63, 3.8) is 0 Å². The van der Waals surface area contributed by atoms with Crippen LogP contribution in [0.3, 0.4) is 0 Å². The predicted molar refractivity (Wildman–Crippen MR) is 93.6 cm³/mol. The van der Waals surface area contributed by atoms with Crippen molar-refractivity contribution in [2.75, 3.05) is 13.2 Å². The topological polar surface area (TPSA) is 75.6 Å². The summed E-state index contributed by atoms with van der Waals surface area (Å²) in [7, 11) is 0. The lowest BCUT2D eigenvalue weighted by Crippen LogP contribution is -2.35. The van der Waals surface area contributed by atoms with E-state index < -0.39 is 6.10 Å². The number of carbonyl (C=O) groups excluding carboxylic acids is 2. The number of thiophene rings is 1. The van der Waals surface area contributed by atoms with E-state index in [4.69, 9.17) is 4.74 Å². The van der Waals surface area contributed by atoms with Crippen molar-refractivity contribution in [3.05, 3.63) is 52.2 Å². The first-order chi connectivity index (χ1) is 11.5. The lowest BCUT2D eigenvalue weighted by atomic mass is 10.2. The Labute approximate surface area is 145 Å². The van der Waals surface area contributed by atoms with Crippen LogP contribution in [-0.2, 0) is 4.79 Å². The van der Waals surface area contributed by atoms with Crippen LogP contribution in [0.25, 0.3) is 0 Å². The molecular weight excluding hydrogens is 326 g/mol. The smallest absolute Gasteiger partial charge is 0.220 e. The molecule has 128 valence electrons. The van der Waals surface area contributed by atoms with Crippen molar-refractivity contribution >= 4 is 23.0 Å². The fourth-order valence-corrected chi connectivity index (χ4v) is 2.76. The van der Waals surface area contributed by atoms with Crippen LogP contribution < -0.4 is 10.1 Å². The third-order valence-corrected chi connectivity index (χ3v) is 4.25. The van der Waals surface area contributed by atoms with Gasteiger partial charge in [0.25, 0.3) is 0 Å². The van der Waals surface area contributed by atoms with Gasteiger partial charge in [-0.2, -0.15) is 0 Å². The van der Waals surface area contributed by atoms with Gasteiger partial charge >= 0.3 is 0 Å². The molecule has 0 unspecified atom stereocenters. The number of nitrogens with one attached hydrogen (secondary N) is 1. The van der Waals surface area contributed by atoms with E-state index in [1.165, 1.54) is 11.3 Å². The fourth-order valence-electron chi connectivity index (χ4n) is 2.06. The van der Waals surface area contributed by atoms with Crippen molar-refractivity contribution in [3.8, 4) is 5.75 Å². The SMILES string of the molecule is Cc1cccc(OC[C@@H](O)CNC(=O)CCC(=O)c2cccs2)c1. The number of amides is 1. The van der Waals surface area contributed by atoms with Gasteiger partial charge in [-0.25, -0.2) is 0 Å². The summed E-state index contributed by atoms with van der Waals surface area (Å²) in [6, 6.07) is 11.1. The summed E-state index contributed by atoms with van der Waals surface area (Å²) in [5.74, 6) is 0.389. The Morgan fingerprint density at radius 3 is 2.79 bits per heavy atom. The summed E-state index contributed by atoms with van der Waals surface area (Å²) in [6.45, 7) is 2.15. The molecule has 2 N–H and O–H groups in total. The average Bonchev–Trinajstić information content (AvgIpc) is 3.10. The predicted octanol–water partition coefficient (Wildman–Crippen LogP) is 2.58. The Kier molecular flexibility index (Phi) is 6.96. The molecule has 0 bridgehead atoms. The summed E-state index contributed by atoms with van der Waals surface area (Å²) in [5.41, 5.74) is 1.07. The van der Waals surface area contributed by atoms with E-state index in [1.54, 1.807) is 6.07 Å². The molecule has 1 aromatic carbocycles. The summed E-state index contributed by atoms with van der Waals surface area (Å²) in [4.78, 5) is 24.2. The molecular formula is C18H21NO4S. The number of aryl methyl sites for hydroxylation is 1. The lowest BCUT2D eigenvalue weighted by Gasteiger charge is -2.13. The number of hydrogen-bond acceptors (Lipinski definition) is 5. The molecule has 0 spiro atoms. The molecule has 2 rings (SSSR count). The molecule has 0 radical (unpaired) electrons. The van der Waals surface area contributed by atoms with Crippen LogP contribution in [0.5, 0.6) is 5.75 Å². The molecule has 0 aliphatic rings. The average molecular weight is 347 g/mol. The minimum absolute atomic E-state index is 0.0384. The van der Waals surface area contributed by atoms with E-state index in [9.17, 15) is 14.7 Å². The maximum absolute atomic E-state index is 11.8. The standard InChI is InChI=1S/C18H21NO4S/c1-13-4-2-5-15(10-13)23-12-14(20)11-19-18(22)8-7-16(21)17-6-3-9-24-17/h2-6,9-10,14,20H,7-8,11-12H2,1H3,(H,19,22)/t14-/m0/s1. The molecule has 2 aromatic rings. The van der Waals surface area contributed by atoms with Crippen molar-refractivity contribution < 1.29 is 19.4 Å². The van der Waals surface area contributed by atoms with Gasteiger partial charge in [0.1, 0.15) is 18.5 Å². The van der Waals surface area contributed by atoms with Gasteiger partial charge in [0.2, 0.25) is 5.91 Å². The van der Waals surface area contributed by atoms with E-state index in [-0.39, 0.29) is 37.7 Å². The number of ether oxygens (including phenoxy) is 1. The highest BCUT2D eigenvalue weighted by Crippen LogP contribution is 2.13. The third kappa shape index (κ3) is 6.14. The first-order valence-electron chi connectivity index (χ1n) is 7.75. The fraction of sp³-hybridized carbons (Fsp3) is 0.333. The van der Waals surface area contributed by atoms with E-state index >= 15 is 0 Å². The number of benzene rings is 1. The van der Waals surface area contributed by atoms with E-state index in [1.807, 2.05) is 42.6 Å². The summed E-state index contributed by atoms with van der Waals surface area (Å²) >= 11 is 1.37. The number of hydrogen-bond donors (Lipinski definition) is 2. The number of aliphatic hydroxyl groups is 1. The van der Waals surface area contributed by atoms with Gasteiger partial charge in [-0.05, 0) is 36.1 Å². The third-order valence-electron chi connectivity index (χ3n) is 3.34. The Balaban J connectivity index is 1.63. The normalized spacial score (nSPS) is 11.8. The summed E-state index contributed by atoms with van der Waals surface area (Å²) < 4.78 is 5.47. The molecule has 1 atom stereocenters. The van der Waals surface area contributed by atoms with Crippen LogP contribution in [0.1, 0.15) is 28.1 Å². The van der Waals surface area contributed by atoms with Gasteiger partial charge in [0.15, 0.2) is 5.78 Å². The zero-order chi connectivity index (χ0) is 17.4. The molecule has 0 aliphatic carbocycles. The zero-order valence-corrected chi connectivity index (χ0v) is 14.3. The quantitative estimate of drug-likeness (QED) is 0.684. The molecule has 24 heavy (non-hydrogen) atoms. The van der Waals surface area contributed by atoms with Crippen molar-refractivity contribution in [1.29, 1.82) is 0 Å². The highest BCUT2D eigenvalue weighted by molar-refractivity contribution is 7.12. The van der Waals surface area contributed by atoms with Gasteiger partial charge in [-0.3, -0.25) is 9.59 Å². The van der Waals surface area contributed by atoms with Crippen LogP contribution in [0.2, 0.25) is 0 Å². The van der Waals surface area contributed by atoms with Crippen LogP contribution in [0.15, 0.2) is 41.8 Å². The van der Waals surface area contributed by atoms with Crippen molar-refractivity contribution in [2.24, 2.45) is 0 Å². The Bertz CT molecular complexity index is 669. The molecule has 1 amide bonds. The molecule has 0 aliphatic heterocycles. The minimum Gasteiger partial charge on any atom is -0.491 e. The van der Waals surface area contributed by atoms with Crippen LogP contribution >= 0.6 is 11.3 Å². The molecule has 0 saturated carbocycles. The number of rotatable bonds is 9. The van der Waals surface area contributed by atoms with Crippen LogP contribution in [-0.4, -0.2) is 36.1 Å². The second-order valence-electron chi connectivity index (χ2n) is 5.49. The Morgan fingerprint density at radius 1 is 1.25 bits per heavy atom. The molecule has 5 nitrogen and oxygen atoms in total. The van der Waals surface area contributed by atoms with Gasteiger partial charge in [-0.15, -0.1) is 11.3 Å². The highest BCUT2D eigenvalue weighted by atomic mass is 32.1. The van der Waals surface area contributed by atoms with Gasteiger partial charge in [0.05, 0.1) is 4.88 Å². The maximum Gasteiger partial charge on any atom is 0.220 e. The monoisotopic (exact) mass is 347 g/mol. The summed E-state index contributed by atoms with van der Waals surface area (Å²) in [5, 5.41) is 14.3. The van der Waals surface area contributed by atoms with E-state index in [0.29, 0.717) is 10.6 Å². The van der Waals surface area contributed by atoms with Crippen molar-refractivity contribution in [1.82, 2.24) is 5.32 Å². The van der Waals surface area contributed by atoms with Crippen LogP contribution in [0.4, 0.5) is 0 Å². The molecule has 0 saturated heterocycles. The zero-order valence-electron chi connectivity index (χ0n) is 13.5. The summed E-state index contributed by atoms with van der Waals surface area (Å²) in [6.07, 6.45) is -0.521. The molecule has 1 heterocycles. The van der Waals surface area contributed by atoms with Gasteiger partial charge in [0, 0.05) is 19.4 Å². The number of Topliss-reactive ketones (excluding diaryl/α,β-unsaturated/α-hetero) is 1. The second kappa shape index (κ2) is 9.20. The lowest BCUT2D eigenvalue weighted by molar-refractivity contribution is -0.121. The largest absolute Gasteiger partial charge is 0.491 e. The van der Waals surface area contributed by atoms with Crippen molar-refractivity contribution in [2.45, 2.75) is 25.9 Å². The van der Waals surface area contributed by atoms with E-state index in [2.05, 4.69) is 5.32 Å².